The van der Waals surface area contributed by atoms with Crippen molar-refractivity contribution in [1.29, 1.82) is 0 Å². The summed E-state index contributed by atoms with van der Waals surface area (Å²) in [6.07, 6.45) is 0.715. The maximum atomic E-state index is 13.3. The number of nitrogens with zero attached hydrogens (tertiary/aromatic N) is 3. The SMILES string of the molecule is COC(=O)C(c1ccccc1Cl)N1CCN(S(=O)(=O)N2CCc3ccccc3C2)CC1. The van der Waals surface area contributed by atoms with Gasteiger partial charge in [0, 0.05) is 44.3 Å². The maximum absolute atomic E-state index is 13.3. The molecular formula is C22H26ClN3O4S. The molecule has 0 amide bonds. The van der Waals surface area contributed by atoms with Gasteiger partial charge in [0.2, 0.25) is 0 Å². The lowest BCUT2D eigenvalue weighted by atomic mass is 10.0. The van der Waals surface area contributed by atoms with Gasteiger partial charge in [-0.3, -0.25) is 4.90 Å². The Morgan fingerprint density at radius 2 is 1.58 bits per heavy atom. The van der Waals surface area contributed by atoms with Crippen molar-refractivity contribution in [2.24, 2.45) is 0 Å². The first kappa shape index (κ1) is 22.2. The van der Waals surface area contributed by atoms with Gasteiger partial charge >= 0.3 is 5.97 Å². The van der Waals surface area contributed by atoms with Gasteiger partial charge in [0.05, 0.1) is 7.11 Å². The molecule has 2 heterocycles. The molecule has 0 bridgehead atoms. The van der Waals surface area contributed by atoms with Gasteiger partial charge in [0.15, 0.2) is 0 Å². The molecule has 0 N–H and O–H groups in total. The van der Waals surface area contributed by atoms with Crippen molar-refractivity contribution in [1.82, 2.24) is 13.5 Å². The van der Waals surface area contributed by atoms with E-state index in [0.29, 0.717) is 56.3 Å². The topological polar surface area (TPSA) is 70.2 Å². The highest BCUT2D eigenvalue weighted by Gasteiger charge is 2.38. The number of hydrogen-bond acceptors (Lipinski definition) is 5. The lowest BCUT2D eigenvalue weighted by Crippen LogP contribution is -2.55. The quantitative estimate of drug-likeness (QED) is 0.637. The van der Waals surface area contributed by atoms with E-state index >= 15 is 0 Å². The third-order valence-corrected chi connectivity index (χ3v) is 8.34. The molecule has 31 heavy (non-hydrogen) atoms. The van der Waals surface area contributed by atoms with Gasteiger partial charge in [-0.2, -0.15) is 17.0 Å². The number of hydrogen-bond donors (Lipinski definition) is 0. The van der Waals surface area contributed by atoms with E-state index in [1.807, 2.05) is 29.2 Å². The van der Waals surface area contributed by atoms with Crippen LogP contribution < -0.4 is 0 Å². The minimum Gasteiger partial charge on any atom is -0.468 e. The maximum Gasteiger partial charge on any atom is 0.327 e. The van der Waals surface area contributed by atoms with E-state index in [4.69, 9.17) is 16.3 Å². The summed E-state index contributed by atoms with van der Waals surface area (Å²) in [6.45, 7) is 2.30. The molecule has 4 rings (SSSR count). The van der Waals surface area contributed by atoms with Gasteiger partial charge < -0.3 is 4.74 Å². The highest BCUT2D eigenvalue weighted by molar-refractivity contribution is 7.86. The minimum absolute atomic E-state index is 0.304. The summed E-state index contributed by atoms with van der Waals surface area (Å²) in [5.41, 5.74) is 2.93. The average molecular weight is 464 g/mol. The van der Waals surface area contributed by atoms with Gasteiger partial charge in [-0.25, -0.2) is 4.79 Å². The van der Waals surface area contributed by atoms with E-state index in [0.717, 1.165) is 5.56 Å². The first-order valence-electron chi connectivity index (χ1n) is 10.3. The van der Waals surface area contributed by atoms with Gasteiger partial charge in [-0.1, -0.05) is 54.1 Å². The van der Waals surface area contributed by atoms with Crippen molar-refractivity contribution < 1.29 is 17.9 Å². The Labute approximate surface area is 188 Å². The van der Waals surface area contributed by atoms with Gasteiger partial charge in [0.25, 0.3) is 10.2 Å². The Kier molecular flexibility index (Phi) is 6.64. The van der Waals surface area contributed by atoms with Gasteiger partial charge in [-0.15, -0.1) is 0 Å². The number of carbonyl (C=O) groups is 1. The molecule has 0 aliphatic carbocycles. The predicted octanol–water partition coefficient (Wildman–Crippen LogP) is 2.47. The van der Waals surface area contributed by atoms with Crippen molar-refractivity contribution in [3.63, 3.8) is 0 Å². The van der Waals surface area contributed by atoms with Crippen molar-refractivity contribution in [2.45, 2.75) is 19.0 Å². The molecule has 2 aliphatic rings. The van der Waals surface area contributed by atoms with Crippen LogP contribution in [0.5, 0.6) is 0 Å². The third-order valence-electron chi connectivity index (χ3n) is 6.01. The lowest BCUT2D eigenvalue weighted by Gasteiger charge is -2.40. The van der Waals surface area contributed by atoms with Crippen LogP contribution in [0.1, 0.15) is 22.7 Å². The Balaban J connectivity index is 1.47. The Hall–Kier alpha value is -1.97. The van der Waals surface area contributed by atoms with Crippen LogP contribution in [-0.4, -0.2) is 67.7 Å². The predicted molar refractivity (Wildman–Crippen MR) is 119 cm³/mol. The van der Waals surface area contributed by atoms with Crippen molar-refractivity contribution in [2.75, 3.05) is 39.8 Å². The molecule has 1 fully saturated rings. The molecule has 0 aromatic heterocycles. The number of ether oxygens (including phenoxy) is 1. The van der Waals surface area contributed by atoms with E-state index in [1.165, 1.54) is 17.0 Å². The highest BCUT2D eigenvalue weighted by Crippen LogP contribution is 2.30. The molecule has 1 unspecified atom stereocenters. The summed E-state index contributed by atoms with van der Waals surface area (Å²) in [5, 5.41) is 0.486. The number of rotatable bonds is 5. The van der Waals surface area contributed by atoms with Crippen molar-refractivity contribution >= 4 is 27.8 Å². The number of methoxy groups -OCH3 is 1. The van der Waals surface area contributed by atoms with Gasteiger partial charge in [-0.05, 0) is 29.2 Å². The zero-order valence-corrected chi connectivity index (χ0v) is 19.0. The fourth-order valence-corrected chi connectivity index (χ4v) is 6.12. The smallest absolute Gasteiger partial charge is 0.327 e. The molecule has 0 spiro atoms. The monoisotopic (exact) mass is 463 g/mol. The second-order valence-electron chi connectivity index (χ2n) is 7.74. The number of halogens is 1. The van der Waals surface area contributed by atoms with Crippen molar-refractivity contribution in [3.8, 4) is 0 Å². The fraction of sp³-hybridized carbons (Fsp3) is 0.409. The molecule has 0 radical (unpaired) electrons. The molecule has 1 saturated heterocycles. The Morgan fingerprint density at radius 3 is 2.26 bits per heavy atom. The number of piperazine rings is 1. The minimum atomic E-state index is -3.58. The first-order chi connectivity index (χ1) is 14.9. The third kappa shape index (κ3) is 4.49. The number of esters is 1. The summed E-state index contributed by atoms with van der Waals surface area (Å²) >= 11 is 6.34. The zero-order chi connectivity index (χ0) is 22.0. The van der Waals surface area contributed by atoms with Crippen LogP contribution in [0.25, 0.3) is 0 Å². The van der Waals surface area contributed by atoms with E-state index in [9.17, 15) is 13.2 Å². The normalized spacial score (nSPS) is 19.5. The first-order valence-corrected chi connectivity index (χ1v) is 12.1. The molecule has 7 nitrogen and oxygen atoms in total. The second-order valence-corrected chi connectivity index (χ2v) is 10.1. The Morgan fingerprint density at radius 1 is 0.935 bits per heavy atom. The fourth-order valence-electron chi connectivity index (χ4n) is 4.30. The standard InChI is InChI=1S/C22H26ClN3O4S/c1-30-22(27)21(19-8-4-5-9-20(19)23)24-12-14-25(15-13-24)31(28,29)26-11-10-17-6-2-3-7-18(17)16-26/h2-9,21H,10-16H2,1H3. The summed E-state index contributed by atoms with van der Waals surface area (Å²) in [6, 6.07) is 14.5. The van der Waals surface area contributed by atoms with Crippen LogP contribution in [0.15, 0.2) is 48.5 Å². The summed E-state index contributed by atoms with van der Waals surface area (Å²) < 4.78 is 34.6. The van der Waals surface area contributed by atoms with Crippen LogP contribution >= 0.6 is 11.6 Å². The molecule has 9 heteroatoms. The molecule has 2 aromatic carbocycles. The highest BCUT2D eigenvalue weighted by atomic mass is 35.5. The van der Waals surface area contributed by atoms with Crippen LogP contribution in [0.2, 0.25) is 5.02 Å². The summed E-state index contributed by atoms with van der Waals surface area (Å²) in [5.74, 6) is -0.406. The van der Waals surface area contributed by atoms with Crippen LogP contribution in [0.3, 0.4) is 0 Å². The van der Waals surface area contributed by atoms with Crippen molar-refractivity contribution in [3.05, 3.63) is 70.2 Å². The summed E-state index contributed by atoms with van der Waals surface area (Å²) in [4.78, 5) is 14.5. The van der Waals surface area contributed by atoms with Crippen LogP contribution in [0.4, 0.5) is 0 Å². The lowest BCUT2D eigenvalue weighted by molar-refractivity contribution is -0.147. The number of carbonyl (C=O) groups excluding carboxylic acids is 1. The van der Waals surface area contributed by atoms with Crippen LogP contribution in [-0.2, 0) is 32.7 Å². The number of benzene rings is 2. The number of fused-ring (bicyclic) bond motifs is 1. The van der Waals surface area contributed by atoms with Gasteiger partial charge in [0.1, 0.15) is 6.04 Å². The van der Waals surface area contributed by atoms with Crippen LogP contribution in [0, 0.1) is 0 Å². The summed E-state index contributed by atoms with van der Waals surface area (Å²) in [7, 11) is -2.23. The molecule has 0 saturated carbocycles. The Bertz CT molecular complexity index is 1050. The molecule has 2 aliphatic heterocycles. The molecular weight excluding hydrogens is 438 g/mol. The zero-order valence-electron chi connectivity index (χ0n) is 17.4. The molecule has 2 aromatic rings. The average Bonchev–Trinajstić information content (AvgIpc) is 2.80. The van der Waals surface area contributed by atoms with E-state index in [2.05, 4.69) is 6.07 Å². The van der Waals surface area contributed by atoms with E-state index in [-0.39, 0.29) is 0 Å². The van der Waals surface area contributed by atoms with E-state index in [1.54, 1.807) is 22.5 Å². The molecule has 1 atom stereocenters. The largest absolute Gasteiger partial charge is 0.468 e. The second kappa shape index (κ2) is 9.26. The molecule has 166 valence electrons. The van der Waals surface area contributed by atoms with E-state index < -0.39 is 22.2 Å².